The van der Waals surface area contributed by atoms with Crippen molar-refractivity contribution >= 4 is 40.5 Å². The van der Waals surface area contributed by atoms with Gasteiger partial charge in [-0.05, 0) is 29.8 Å². The number of benzene rings is 2. The third kappa shape index (κ3) is 2.66. The van der Waals surface area contributed by atoms with Gasteiger partial charge in [0.1, 0.15) is 5.02 Å². The molecule has 23 heavy (non-hydrogen) atoms. The highest BCUT2D eigenvalue weighted by Crippen LogP contribution is 2.39. The molecule has 1 aliphatic rings. The van der Waals surface area contributed by atoms with Crippen molar-refractivity contribution in [3.63, 3.8) is 0 Å². The summed E-state index contributed by atoms with van der Waals surface area (Å²) in [6.45, 7) is 0. The van der Waals surface area contributed by atoms with Gasteiger partial charge in [0.2, 0.25) is 0 Å². The van der Waals surface area contributed by atoms with Crippen LogP contribution in [0.5, 0.6) is 0 Å². The van der Waals surface area contributed by atoms with E-state index in [4.69, 9.17) is 11.6 Å². The predicted octanol–water partition coefficient (Wildman–Crippen LogP) is 4.02. The van der Waals surface area contributed by atoms with E-state index in [2.05, 4.69) is 5.32 Å². The first-order valence-electron chi connectivity index (χ1n) is 6.33. The Hall–Kier alpha value is -2.80. The number of carbonyl (C=O) groups is 1. The highest BCUT2D eigenvalue weighted by molar-refractivity contribution is 6.37. The summed E-state index contributed by atoms with van der Waals surface area (Å²) < 4.78 is 26.2. The Bertz CT molecular complexity index is 897. The molecular weight excluding hydrogens is 330 g/mol. The molecule has 116 valence electrons. The van der Waals surface area contributed by atoms with Crippen LogP contribution in [-0.2, 0) is 4.79 Å². The summed E-state index contributed by atoms with van der Waals surface area (Å²) in [5.74, 6) is -2.58. The van der Waals surface area contributed by atoms with Crippen molar-refractivity contribution in [3.05, 3.63) is 68.2 Å². The Labute approximate surface area is 133 Å². The van der Waals surface area contributed by atoms with Crippen molar-refractivity contribution < 1.29 is 18.5 Å². The number of amides is 1. The quantitative estimate of drug-likeness (QED) is 0.511. The van der Waals surface area contributed by atoms with Gasteiger partial charge in [-0.3, -0.25) is 14.9 Å². The summed E-state index contributed by atoms with van der Waals surface area (Å²) in [7, 11) is 0. The van der Waals surface area contributed by atoms with Crippen LogP contribution in [0.25, 0.3) is 11.6 Å². The molecule has 0 saturated heterocycles. The van der Waals surface area contributed by atoms with Crippen LogP contribution in [-0.4, -0.2) is 10.8 Å². The third-order valence-electron chi connectivity index (χ3n) is 3.32. The van der Waals surface area contributed by atoms with E-state index in [1.807, 2.05) is 0 Å². The van der Waals surface area contributed by atoms with Crippen LogP contribution >= 0.6 is 11.6 Å². The van der Waals surface area contributed by atoms with Gasteiger partial charge in [0.25, 0.3) is 11.6 Å². The molecular formula is C15H7ClF2N2O3. The smallest absolute Gasteiger partial charge is 0.288 e. The van der Waals surface area contributed by atoms with Crippen molar-refractivity contribution in [2.24, 2.45) is 0 Å². The van der Waals surface area contributed by atoms with E-state index in [0.29, 0.717) is 5.69 Å². The fourth-order valence-corrected chi connectivity index (χ4v) is 2.48. The summed E-state index contributed by atoms with van der Waals surface area (Å²) in [6, 6.07) is 5.60. The van der Waals surface area contributed by atoms with E-state index in [1.165, 1.54) is 24.3 Å². The number of nitro benzene ring substituents is 1. The molecule has 0 fully saturated rings. The first-order chi connectivity index (χ1) is 10.9. The molecule has 0 saturated carbocycles. The number of carbonyl (C=O) groups excluding carboxylic acids is 1. The number of hydrogen-bond donors (Lipinski definition) is 1. The van der Waals surface area contributed by atoms with E-state index < -0.39 is 22.5 Å². The number of nitro groups is 1. The minimum atomic E-state index is -1.06. The van der Waals surface area contributed by atoms with Crippen LogP contribution in [0.3, 0.4) is 0 Å². The molecule has 1 aliphatic heterocycles. The number of hydrogen-bond acceptors (Lipinski definition) is 3. The second-order valence-electron chi connectivity index (χ2n) is 4.79. The Balaban J connectivity index is 2.14. The van der Waals surface area contributed by atoms with E-state index in [9.17, 15) is 23.7 Å². The van der Waals surface area contributed by atoms with E-state index in [1.54, 1.807) is 0 Å². The molecule has 0 spiro atoms. The zero-order chi connectivity index (χ0) is 16.7. The van der Waals surface area contributed by atoms with Gasteiger partial charge >= 0.3 is 0 Å². The molecule has 8 heteroatoms. The Kier molecular flexibility index (Phi) is 3.57. The standard InChI is InChI=1S/C15H7ClF2N2O3/c16-10-6-13-8(5-14(10)20(22)23)9(15(21)19-13)3-7-1-2-11(17)12(18)4-7/h1-6H,(H,19,21)/b9-3+. The molecule has 2 aromatic carbocycles. The highest BCUT2D eigenvalue weighted by Gasteiger charge is 2.28. The molecule has 0 bridgehead atoms. The molecule has 0 aromatic heterocycles. The molecule has 1 heterocycles. The van der Waals surface area contributed by atoms with Gasteiger partial charge < -0.3 is 5.32 Å². The van der Waals surface area contributed by atoms with Crippen LogP contribution in [0.1, 0.15) is 11.1 Å². The lowest BCUT2D eigenvalue weighted by Crippen LogP contribution is -2.03. The third-order valence-corrected chi connectivity index (χ3v) is 3.62. The van der Waals surface area contributed by atoms with Gasteiger partial charge in [-0.2, -0.15) is 0 Å². The fourth-order valence-electron chi connectivity index (χ4n) is 2.25. The van der Waals surface area contributed by atoms with Crippen LogP contribution in [0.4, 0.5) is 20.2 Å². The van der Waals surface area contributed by atoms with Crippen molar-refractivity contribution in [2.45, 2.75) is 0 Å². The number of nitrogens with zero attached hydrogens (tertiary/aromatic N) is 1. The van der Waals surface area contributed by atoms with Crippen LogP contribution in [0, 0.1) is 21.7 Å². The average Bonchev–Trinajstić information content (AvgIpc) is 2.77. The lowest BCUT2D eigenvalue weighted by atomic mass is 10.0. The maximum atomic E-state index is 13.3. The van der Waals surface area contributed by atoms with E-state index in [-0.39, 0.29) is 27.4 Å². The maximum Gasteiger partial charge on any atom is 0.288 e. The molecule has 0 radical (unpaired) electrons. The number of nitrogens with one attached hydrogen (secondary N) is 1. The number of halogens is 3. The van der Waals surface area contributed by atoms with Gasteiger partial charge in [-0.1, -0.05) is 17.7 Å². The second kappa shape index (κ2) is 5.44. The summed E-state index contributed by atoms with van der Waals surface area (Å²) in [5, 5.41) is 13.4. The Morgan fingerprint density at radius 2 is 1.91 bits per heavy atom. The maximum absolute atomic E-state index is 13.3. The Morgan fingerprint density at radius 3 is 2.57 bits per heavy atom. The van der Waals surface area contributed by atoms with Gasteiger partial charge in [0.15, 0.2) is 11.6 Å². The fraction of sp³-hybridized carbons (Fsp3) is 0. The zero-order valence-electron chi connectivity index (χ0n) is 11.3. The van der Waals surface area contributed by atoms with Crippen LogP contribution in [0.2, 0.25) is 5.02 Å². The minimum absolute atomic E-state index is 0.103. The summed E-state index contributed by atoms with van der Waals surface area (Å²) in [5.41, 5.74) is 0.596. The molecule has 1 N–H and O–H groups in total. The lowest BCUT2D eigenvalue weighted by Gasteiger charge is -2.01. The minimum Gasteiger partial charge on any atom is -0.321 e. The van der Waals surface area contributed by atoms with Gasteiger partial charge in [-0.15, -0.1) is 0 Å². The number of rotatable bonds is 2. The number of fused-ring (bicyclic) bond motifs is 1. The molecule has 3 rings (SSSR count). The monoisotopic (exact) mass is 336 g/mol. The van der Waals surface area contributed by atoms with E-state index in [0.717, 1.165) is 12.1 Å². The largest absolute Gasteiger partial charge is 0.321 e. The lowest BCUT2D eigenvalue weighted by molar-refractivity contribution is -0.384. The zero-order valence-corrected chi connectivity index (χ0v) is 12.0. The molecule has 0 atom stereocenters. The van der Waals surface area contributed by atoms with Crippen molar-refractivity contribution in [1.29, 1.82) is 0 Å². The number of anilines is 1. The van der Waals surface area contributed by atoms with Gasteiger partial charge in [0, 0.05) is 17.2 Å². The van der Waals surface area contributed by atoms with Crippen LogP contribution in [0.15, 0.2) is 30.3 Å². The SMILES string of the molecule is O=C1Nc2cc(Cl)c([N+](=O)[O-])cc2/C1=C\c1ccc(F)c(F)c1. The summed E-state index contributed by atoms with van der Waals surface area (Å²) in [4.78, 5) is 22.3. The molecule has 1 amide bonds. The topological polar surface area (TPSA) is 72.2 Å². The predicted molar refractivity (Wildman–Crippen MR) is 81.0 cm³/mol. The second-order valence-corrected chi connectivity index (χ2v) is 5.20. The molecule has 2 aromatic rings. The van der Waals surface area contributed by atoms with Crippen molar-refractivity contribution in [3.8, 4) is 0 Å². The Morgan fingerprint density at radius 1 is 1.17 bits per heavy atom. The first kappa shape index (κ1) is 15.1. The molecule has 0 unspecified atom stereocenters. The van der Waals surface area contributed by atoms with Crippen molar-refractivity contribution in [1.82, 2.24) is 0 Å². The van der Waals surface area contributed by atoms with Crippen molar-refractivity contribution in [2.75, 3.05) is 5.32 Å². The first-order valence-corrected chi connectivity index (χ1v) is 6.71. The highest BCUT2D eigenvalue weighted by atomic mass is 35.5. The normalized spacial score (nSPS) is 14.7. The summed E-state index contributed by atoms with van der Waals surface area (Å²) >= 11 is 5.79. The van der Waals surface area contributed by atoms with Crippen LogP contribution < -0.4 is 5.32 Å². The molecule has 5 nitrogen and oxygen atoms in total. The van der Waals surface area contributed by atoms with E-state index >= 15 is 0 Å². The summed E-state index contributed by atoms with van der Waals surface area (Å²) in [6.07, 6.45) is 1.32. The molecule has 0 aliphatic carbocycles. The van der Waals surface area contributed by atoms with Gasteiger partial charge in [-0.25, -0.2) is 8.78 Å². The average molecular weight is 337 g/mol. The van der Waals surface area contributed by atoms with Gasteiger partial charge in [0.05, 0.1) is 10.6 Å².